The maximum Gasteiger partial charge on any atom is 0.261 e. The van der Waals surface area contributed by atoms with Gasteiger partial charge in [-0.25, -0.2) is 27.8 Å². The molecule has 2 aromatic heterocycles. The second-order valence-electron chi connectivity index (χ2n) is 8.93. The van der Waals surface area contributed by atoms with Crippen molar-refractivity contribution in [3.8, 4) is 28.6 Å². The minimum atomic E-state index is -4.20. The summed E-state index contributed by atoms with van der Waals surface area (Å²) in [6.07, 6.45) is 5.06. The number of nitrogens with one attached hydrogen (secondary N) is 3. The van der Waals surface area contributed by atoms with Gasteiger partial charge in [-0.3, -0.25) is 4.72 Å². The molecular weight excluding hydrogens is 542 g/mol. The Morgan fingerprint density at radius 1 is 1.00 bits per heavy atom. The average Bonchev–Trinajstić information content (AvgIpc) is 2.98. The van der Waals surface area contributed by atoms with E-state index in [4.69, 9.17) is 9.47 Å². The van der Waals surface area contributed by atoms with E-state index in [0.717, 1.165) is 38.1 Å². The first-order valence-electron chi connectivity index (χ1n) is 12.4. The van der Waals surface area contributed by atoms with Crippen molar-refractivity contribution in [1.29, 1.82) is 0 Å². The first kappa shape index (κ1) is 27.2. The lowest BCUT2D eigenvalue weighted by Crippen LogP contribution is -2.38. The largest absolute Gasteiger partial charge is 0.497 e. The van der Waals surface area contributed by atoms with Crippen LogP contribution in [-0.2, 0) is 10.0 Å². The van der Waals surface area contributed by atoms with Gasteiger partial charge in [0.25, 0.3) is 10.0 Å². The van der Waals surface area contributed by atoms with Crippen LogP contribution in [0.25, 0.3) is 11.3 Å². The third-order valence-corrected chi connectivity index (χ3v) is 7.58. The Kier molecular flexibility index (Phi) is 8.03. The quantitative estimate of drug-likeness (QED) is 0.266. The summed E-state index contributed by atoms with van der Waals surface area (Å²) in [5.74, 6) is -2.45. The van der Waals surface area contributed by atoms with Crippen molar-refractivity contribution in [2.75, 3.05) is 30.2 Å². The molecule has 4 aromatic rings. The highest BCUT2D eigenvalue weighted by Gasteiger charge is 2.22. The maximum absolute atomic E-state index is 15.1. The summed E-state index contributed by atoms with van der Waals surface area (Å²) in [7, 11) is -2.76. The zero-order chi connectivity index (χ0) is 28.1. The van der Waals surface area contributed by atoms with Gasteiger partial charge in [0.2, 0.25) is 17.6 Å². The highest BCUT2D eigenvalue weighted by molar-refractivity contribution is 7.92. The van der Waals surface area contributed by atoms with Crippen LogP contribution in [0, 0.1) is 11.6 Å². The number of ether oxygens (including phenoxy) is 2. The lowest BCUT2D eigenvalue weighted by Gasteiger charge is -2.23. The molecule has 0 unspecified atom stereocenters. The number of benzene rings is 2. The smallest absolute Gasteiger partial charge is 0.261 e. The Bertz CT molecular complexity index is 1600. The van der Waals surface area contributed by atoms with Crippen molar-refractivity contribution >= 4 is 21.7 Å². The molecule has 3 N–H and O–H groups in total. The number of hydrogen-bond acceptors (Lipinski definition) is 9. The number of hydrogen-bond donors (Lipinski definition) is 3. The van der Waals surface area contributed by atoms with Crippen molar-refractivity contribution in [3.63, 3.8) is 0 Å². The zero-order valence-electron chi connectivity index (χ0n) is 21.4. The molecule has 40 heavy (non-hydrogen) atoms. The van der Waals surface area contributed by atoms with E-state index in [1.54, 1.807) is 24.4 Å². The van der Waals surface area contributed by atoms with E-state index in [1.807, 2.05) is 0 Å². The topological polar surface area (TPSA) is 127 Å². The molecule has 1 atom stereocenters. The Morgan fingerprint density at radius 3 is 2.58 bits per heavy atom. The number of halogens is 2. The zero-order valence-corrected chi connectivity index (χ0v) is 22.2. The number of aromatic nitrogens is 3. The van der Waals surface area contributed by atoms with Gasteiger partial charge >= 0.3 is 0 Å². The fourth-order valence-corrected chi connectivity index (χ4v) is 5.21. The van der Waals surface area contributed by atoms with Gasteiger partial charge in [0.05, 0.1) is 29.0 Å². The normalized spacial score (nSPS) is 15.3. The van der Waals surface area contributed by atoms with Crippen LogP contribution >= 0.6 is 0 Å². The number of methoxy groups -OCH3 is 1. The Balaban J connectivity index is 1.37. The molecule has 3 heterocycles. The minimum absolute atomic E-state index is 0.0173. The van der Waals surface area contributed by atoms with Crippen LogP contribution in [-0.4, -0.2) is 49.6 Å². The van der Waals surface area contributed by atoms with Gasteiger partial charge in [0, 0.05) is 25.0 Å². The molecule has 2 aromatic carbocycles. The van der Waals surface area contributed by atoms with Gasteiger partial charge in [-0.1, -0.05) is 0 Å². The highest BCUT2D eigenvalue weighted by Crippen LogP contribution is 2.34. The summed E-state index contributed by atoms with van der Waals surface area (Å²) in [5.41, 5.74) is 0.318. The number of nitrogens with zero attached hydrogens (tertiary/aromatic N) is 3. The monoisotopic (exact) mass is 568 g/mol. The Morgan fingerprint density at radius 2 is 1.82 bits per heavy atom. The van der Waals surface area contributed by atoms with Gasteiger partial charge in [-0.05, 0) is 74.0 Å². The predicted molar refractivity (Wildman–Crippen MR) is 145 cm³/mol. The third kappa shape index (κ3) is 6.10. The molecule has 1 fully saturated rings. The number of sulfonamides is 1. The number of pyridine rings is 1. The molecule has 0 saturated carbocycles. The van der Waals surface area contributed by atoms with Crippen LogP contribution in [0.1, 0.15) is 12.8 Å². The van der Waals surface area contributed by atoms with Crippen LogP contribution in [0.5, 0.6) is 17.4 Å². The number of anilines is 2. The first-order chi connectivity index (χ1) is 19.3. The average molecular weight is 569 g/mol. The molecule has 0 radical (unpaired) electrons. The number of rotatable bonds is 9. The van der Waals surface area contributed by atoms with Gasteiger partial charge in [0.15, 0.2) is 11.6 Å². The van der Waals surface area contributed by atoms with E-state index < -0.39 is 33.1 Å². The van der Waals surface area contributed by atoms with E-state index in [2.05, 4.69) is 30.3 Å². The third-order valence-electron chi connectivity index (χ3n) is 6.20. The van der Waals surface area contributed by atoms with Crippen LogP contribution in [0.4, 0.5) is 20.4 Å². The van der Waals surface area contributed by atoms with E-state index in [0.29, 0.717) is 23.0 Å². The fraction of sp³-hybridized carbons (Fsp3) is 0.222. The summed E-state index contributed by atoms with van der Waals surface area (Å²) < 4.78 is 68.2. The van der Waals surface area contributed by atoms with Crippen LogP contribution in [0.15, 0.2) is 71.9 Å². The van der Waals surface area contributed by atoms with E-state index >= 15 is 4.39 Å². The Labute approximate surface area is 229 Å². The maximum atomic E-state index is 15.1. The van der Waals surface area contributed by atoms with Crippen molar-refractivity contribution in [2.24, 2.45) is 0 Å². The summed E-state index contributed by atoms with van der Waals surface area (Å²) in [6.45, 7) is 1.77. The SMILES string of the molecule is COc1ccc(S(=O)(=O)Nc2ccc(Oc3ncccc3-c3ccnc(N[C@H]4CCCNC4)n3)c(F)c2F)cc1. The van der Waals surface area contributed by atoms with Crippen molar-refractivity contribution in [1.82, 2.24) is 20.3 Å². The lowest BCUT2D eigenvalue weighted by atomic mass is 10.1. The molecule has 0 spiro atoms. The van der Waals surface area contributed by atoms with Gasteiger partial charge in [0.1, 0.15) is 5.75 Å². The Hall–Kier alpha value is -4.36. The predicted octanol–water partition coefficient (Wildman–Crippen LogP) is 4.58. The molecule has 10 nitrogen and oxygen atoms in total. The molecule has 0 bridgehead atoms. The van der Waals surface area contributed by atoms with Crippen molar-refractivity contribution in [3.05, 3.63) is 78.6 Å². The first-order valence-corrected chi connectivity index (χ1v) is 13.9. The highest BCUT2D eigenvalue weighted by atomic mass is 32.2. The fourth-order valence-electron chi connectivity index (χ4n) is 4.16. The molecule has 1 saturated heterocycles. The van der Waals surface area contributed by atoms with E-state index in [-0.39, 0.29) is 16.8 Å². The van der Waals surface area contributed by atoms with Gasteiger partial charge in [-0.2, -0.15) is 4.39 Å². The summed E-state index contributed by atoms with van der Waals surface area (Å²) >= 11 is 0. The molecular formula is C27H26F2N6O4S. The molecule has 208 valence electrons. The standard InChI is InChI=1S/C27H26F2N6O4S/c1-38-18-6-8-19(9-7-18)40(36,37)35-22-10-11-23(25(29)24(22)28)39-26-20(5-3-14-31-26)21-12-15-32-27(34-21)33-17-4-2-13-30-16-17/h3,5-12,14-15,17,30,35H,2,4,13,16H2,1H3,(H,32,33,34)/t17-/m0/s1. The van der Waals surface area contributed by atoms with Crippen LogP contribution in [0.3, 0.4) is 0 Å². The summed E-state index contributed by atoms with van der Waals surface area (Å²) in [4.78, 5) is 12.9. The van der Waals surface area contributed by atoms with E-state index in [9.17, 15) is 12.8 Å². The molecule has 0 aliphatic carbocycles. The van der Waals surface area contributed by atoms with Crippen LogP contribution < -0.4 is 24.8 Å². The molecule has 1 aliphatic rings. The summed E-state index contributed by atoms with van der Waals surface area (Å²) in [5, 5.41) is 6.62. The summed E-state index contributed by atoms with van der Waals surface area (Å²) in [6, 6.07) is 12.8. The molecule has 5 rings (SSSR count). The van der Waals surface area contributed by atoms with Crippen molar-refractivity contribution in [2.45, 2.75) is 23.8 Å². The molecule has 13 heteroatoms. The van der Waals surface area contributed by atoms with Crippen LogP contribution in [0.2, 0.25) is 0 Å². The van der Waals surface area contributed by atoms with Gasteiger partial charge < -0.3 is 20.1 Å². The number of piperidine rings is 1. The second kappa shape index (κ2) is 11.8. The van der Waals surface area contributed by atoms with Gasteiger partial charge in [-0.15, -0.1) is 0 Å². The second-order valence-corrected chi connectivity index (χ2v) is 10.6. The lowest BCUT2D eigenvalue weighted by molar-refractivity contribution is 0.407. The van der Waals surface area contributed by atoms with E-state index in [1.165, 1.54) is 37.6 Å². The van der Waals surface area contributed by atoms with Crippen molar-refractivity contribution < 1.29 is 26.7 Å². The molecule has 0 amide bonds. The minimum Gasteiger partial charge on any atom is -0.497 e. The molecule has 1 aliphatic heterocycles.